The van der Waals surface area contributed by atoms with Crippen molar-refractivity contribution in [2.45, 2.75) is 38.3 Å². The zero-order valence-electron chi connectivity index (χ0n) is 11.4. The van der Waals surface area contributed by atoms with Gasteiger partial charge in [-0.05, 0) is 25.0 Å². The molecule has 3 rings (SSSR count). The molecule has 20 heavy (non-hydrogen) atoms. The minimum absolute atomic E-state index is 0.0774. The molecule has 0 bridgehead atoms. The van der Waals surface area contributed by atoms with E-state index in [-0.39, 0.29) is 12.5 Å². The second-order valence-electron chi connectivity index (χ2n) is 5.13. The summed E-state index contributed by atoms with van der Waals surface area (Å²) in [4.78, 5) is 18.5. The van der Waals surface area contributed by atoms with Crippen LogP contribution in [0.3, 0.4) is 0 Å². The van der Waals surface area contributed by atoms with Gasteiger partial charge < -0.3 is 4.90 Å². The summed E-state index contributed by atoms with van der Waals surface area (Å²) in [6.07, 6.45) is 7.59. The molecule has 5 heteroatoms. The van der Waals surface area contributed by atoms with Gasteiger partial charge in [0, 0.05) is 11.7 Å². The lowest BCUT2D eigenvalue weighted by Crippen LogP contribution is -2.41. The summed E-state index contributed by atoms with van der Waals surface area (Å²) in [7, 11) is 0. The molecular formula is C15H18N4O. The van der Waals surface area contributed by atoms with Crippen LogP contribution in [0.25, 0.3) is 0 Å². The summed E-state index contributed by atoms with van der Waals surface area (Å²) in [5.41, 5.74) is 0.976. The number of para-hydroxylation sites is 1. The molecule has 0 unspecified atom stereocenters. The molecule has 1 amide bonds. The van der Waals surface area contributed by atoms with E-state index >= 15 is 0 Å². The fourth-order valence-corrected chi connectivity index (χ4v) is 2.84. The number of carbonyl (C=O) groups is 1. The summed E-state index contributed by atoms with van der Waals surface area (Å²) < 4.78 is 1.58. The van der Waals surface area contributed by atoms with Crippen molar-refractivity contribution < 1.29 is 4.79 Å². The van der Waals surface area contributed by atoms with E-state index in [9.17, 15) is 4.79 Å². The molecule has 1 aromatic heterocycles. The van der Waals surface area contributed by atoms with Gasteiger partial charge in [-0.1, -0.05) is 31.0 Å². The predicted molar refractivity (Wildman–Crippen MR) is 76.2 cm³/mol. The molecule has 0 spiro atoms. The number of carbonyl (C=O) groups excluding carboxylic acids is 1. The topological polar surface area (TPSA) is 51.0 Å². The Bertz CT molecular complexity index is 547. The van der Waals surface area contributed by atoms with Crippen molar-refractivity contribution in [2.24, 2.45) is 0 Å². The van der Waals surface area contributed by atoms with E-state index in [2.05, 4.69) is 10.1 Å². The van der Waals surface area contributed by atoms with E-state index in [1.54, 1.807) is 11.0 Å². The summed E-state index contributed by atoms with van der Waals surface area (Å²) in [6.45, 7) is 0.241. The standard InChI is InChI=1S/C15H18N4O/c20-15(10-18-12-16-11-17-18)19(14-8-4-5-9-14)13-6-2-1-3-7-13/h1-3,6-7,11-12,14H,4-5,8-10H2. The highest BCUT2D eigenvalue weighted by Gasteiger charge is 2.28. The molecule has 1 aromatic carbocycles. The number of hydrogen-bond acceptors (Lipinski definition) is 3. The van der Waals surface area contributed by atoms with Crippen LogP contribution in [0.1, 0.15) is 25.7 Å². The fourth-order valence-electron chi connectivity index (χ4n) is 2.84. The maximum atomic E-state index is 12.6. The third-order valence-corrected chi connectivity index (χ3v) is 3.76. The lowest BCUT2D eigenvalue weighted by atomic mass is 10.1. The molecule has 104 valence electrons. The summed E-state index contributed by atoms with van der Waals surface area (Å²) in [5, 5.41) is 4.02. The van der Waals surface area contributed by atoms with Crippen LogP contribution in [0, 0.1) is 0 Å². The number of rotatable bonds is 4. The van der Waals surface area contributed by atoms with Gasteiger partial charge in [-0.15, -0.1) is 0 Å². The number of aromatic nitrogens is 3. The van der Waals surface area contributed by atoms with E-state index in [4.69, 9.17) is 0 Å². The normalized spacial score (nSPS) is 15.4. The lowest BCUT2D eigenvalue weighted by molar-refractivity contribution is -0.119. The molecule has 1 aliphatic rings. The first-order valence-electron chi connectivity index (χ1n) is 7.04. The second-order valence-corrected chi connectivity index (χ2v) is 5.13. The van der Waals surface area contributed by atoms with Gasteiger partial charge in [0.2, 0.25) is 5.91 Å². The zero-order chi connectivity index (χ0) is 13.8. The number of nitrogens with zero attached hydrogens (tertiary/aromatic N) is 4. The first-order valence-corrected chi connectivity index (χ1v) is 7.04. The van der Waals surface area contributed by atoms with Crippen LogP contribution >= 0.6 is 0 Å². The van der Waals surface area contributed by atoms with Crippen LogP contribution in [0.2, 0.25) is 0 Å². The number of amides is 1. The van der Waals surface area contributed by atoms with Crippen molar-refractivity contribution >= 4 is 11.6 Å². The summed E-state index contributed by atoms with van der Waals surface area (Å²) in [6, 6.07) is 10.2. The lowest BCUT2D eigenvalue weighted by Gasteiger charge is -2.29. The Morgan fingerprint density at radius 1 is 1.25 bits per heavy atom. The van der Waals surface area contributed by atoms with Crippen LogP contribution < -0.4 is 4.90 Å². The Balaban J connectivity index is 1.83. The molecule has 5 nitrogen and oxygen atoms in total. The van der Waals surface area contributed by atoms with Crippen LogP contribution in [0.15, 0.2) is 43.0 Å². The Morgan fingerprint density at radius 3 is 2.65 bits per heavy atom. The Hall–Kier alpha value is -2.17. The van der Waals surface area contributed by atoms with Crippen molar-refractivity contribution in [1.82, 2.24) is 14.8 Å². The van der Waals surface area contributed by atoms with E-state index in [0.29, 0.717) is 6.04 Å². The molecule has 0 N–H and O–H groups in total. The number of anilines is 1. The Morgan fingerprint density at radius 2 is 2.00 bits per heavy atom. The van der Waals surface area contributed by atoms with Gasteiger partial charge in [0.25, 0.3) is 0 Å². The molecule has 0 saturated heterocycles. The quantitative estimate of drug-likeness (QED) is 0.856. The molecule has 1 heterocycles. The van der Waals surface area contributed by atoms with Crippen LogP contribution in [-0.4, -0.2) is 26.7 Å². The summed E-state index contributed by atoms with van der Waals surface area (Å²) in [5.74, 6) is 0.0774. The molecule has 1 fully saturated rings. The third kappa shape index (κ3) is 2.71. The average Bonchev–Trinajstić information content (AvgIpc) is 3.14. The van der Waals surface area contributed by atoms with E-state index in [1.807, 2.05) is 35.2 Å². The van der Waals surface area contributed by atoms with Gasteiger partial charge >= 0.3 is 0 Å². The van der Waals surface area contributed by atoms with Crippen molar-refractivity contribution in [3.63, 3.8) is 0 Å². The van der Waals surface area contributed by atoms with E-state index in [1.165, 1.54) is 19.2 Å². The van der Waals surface area contributed by atoms with Crippen molar-refractivity contribution in [3.05, 3.63) is 43.0 Å². The molecule has 2 aromatic rings. The molecular weight excluding hydrogens is 252 g/mol. The summed E-state index contributed by atoms with van der Waals surface area (Å²) >= 11 is 0. The monoisotopic (exact) mass is 270 g/mol. The predicted octanol–water partition coefficient (Wildman–Crippen LogP) is 2.25. The maximum absolute atomic E-state index is 12.6. The minimum atomic E-state index is 0.0774. The van der Waals surface area contributed by atoms with Crippen LogP contribution in [0.4, 0.5) is 5.69 Å². The highest BCUT2D eigenvalue weighted by atomic mass is 16.2. The van der Waals surface area contributed by atoms with Gasteiger partial charge in [-0.25, -0.2) is 9.67 Å². The Labute approximate surface area is 118 Å². The molecule has 0 radical (unpaired) electrons. The first kappa shape index (κ1) is 12.8. The largest absolute Gasteiger partial charge is 0.308 e. The molecule has 0 aliphatic heterocycles. The van der Waals surface area contributed by atoms with Crippen LogP contribution in [0.5, 0.6) is 0 Å². The third-order valence-electron chi connectivity index (χ3n) is 3.76. The highest BCUT2D eigenvalue weighted by Crippen LogP contribution is 2.28. The van der Waals surface area contributed by atoms with Gasteiger partial charge in [0.15, 0.2) is 0 Å². The van der Waals surface area contributed by atoms with Gasteiger partial charge in [0.05, 0.1) is 0 Å². The SMILES string of the molecule is O=C(Cn1cncn1)N(c1ccccc1)C1CCCC1. The van der Waals surface area contributed by atoms with Crippen LogP contribution in [-0.2, 0) is 11.3 Å². The van der Waals surface area contributed by atoms with Crippen molar-refractivity contribution in [1.29, 1.82) is 0 Å². The average molecular weight is 270 g/mol. The van der Waals surface area contributed by atoms with Gasteiger partial charge in [-0.3, -0.25) is 4.79 Å². The van der Waals surface area contributed by atoms with E-state index < -0.39 is 0 Å². The second kappa shape index (κ2) is 5.86. The molecule has 1 aliphatic carbocycles. The van der Waals surface area contributed by atoms with Gasteiger partial charge in [0.1, 0.15) is 19.2 Å². The number of benzene rings is 1. The Kier molecular flexibility index (Phi) is 3.76. The molecule has 0 atom stereocenters. The first-order chi connectivity index (χ1) is 9.84. The number of hydrogen-bond donors (Lipinski definition) is 0. The zero-order valence-corrected chi connectivity index (χ0v) is 11.4. The minimum Gasteiger partial charge on any atom is -0.308 e. The van der Waals surface area contributed by atoms with Gasteiger partial charge in [-0.2, -0.15) is 5.10 Å². The van der Waals surface area contributed by atoms with Crippen molar-refractivity contribution in [2.75, 3.05) is 4.90 Å². The van der Waals surface area contributed by atoms with E-state index in [0.717, 1.165) is 18.5 Å². The fraction of sp³-hybridized carbons (Fsp3) is 0.400. The highest BCUT2D eigenvalue weighted by molar-refractivity contribution is 5.93. The smallest absolute Gasteiger partial charge is 0.249 e. The molecule has 1 saturated carbocycles. The maximum Gasteiger partial charge on any atom is 0.249 e. The van der Waals surface area contributed by atoms with Crippen molar-refractivity contribution in [3.8, 4) is 0 Å².